The van der Waals surface area contributed by atoms with Gasteiger partial charge < -0.3 is 9.84 Å². The number of hydrogen-bond acceptors (Lipinski definition) is 4. The smallest absolute Gasteiger partial charge is 0.425 e. The third-order valence-corrected chi connectivity index (χ3v) is 2.99. The molecule has 20 heavy (non-hydrogen) atoms. The van der Waals surface area contributed by atoms with E-state index in [-0.39, 0.29) is 24.0 Å². The van der Waals surface area contributed by atoms with Crippen LogP contribution in [0.25, 0.3) is 0 Å². The van der Waals surface area contributed by atoms with Gasteiger partial charge in [-0.2, -0.15) is 0 Å². The predicted octanol–water partition coefficient (Wildman–Crippen LogP) is 2.71. The molecule has 0 saturated heterocycles. The number of ether oxygens (including phenoxy) is 2. The van der Waals surface area contributed by atoms with Gasteiger partial charge in [-0.25, -0.2) is 9.53 Å². The van der Waals surface area contributed by atoms with Crippen LogP contribution in [0.1, 0.15) is 35.7 Å². The summed E-state index contributed by atoms with van der Waals surface area (Å²) < 4.78 is 46.8. The number of alkyl halides is 3. The van der Waals surface area contributed by atoms with Gasteiger partial charge in [0, 0.05) is 12.0 Å². The van der Waals surface area contributed by atoms with E-state index in [2.05, 4.69) is 4.74 Å². The summed E-state index contributed by atoms with van der Waals surface area (Å²) in [6.45, 7) is 1.43. The molecule has 2 unspecified atom stereocenters. The Bertz CT molecular complexity index is 513. The van der Waals surface area contributed by atoms with Crippen LogP contribution in [0.5, 0.6) is 0 Å². The van der Waals surface area contributed by atoms with Crippen molar-refractivity contribution < 1.29 is 32.5 Å². The molecule has 7 heteroatoms. The number of halogens is 3. The van der Waals surface area contributed by atoms with Crippen molar-refractivity contribution in [1.82, 2.24) is 0 Å². The lowest BCUT2D eigenvalue weighted by molar-refractivity contribution is -0.412. The van der Waals surface area contributed by atoms with E-state index >= 15 is 0 Å². The summed E-state index contributed by atoms with van der Waals surface area (Å²) in [7, 11) is 0. The molecular weight excluding hydrogens is 277 g/mol. The molecule has 0 radical (unpaired) electrons. The van der Waals surface area contributed by atoms with E-state index in [0.717, 1.165) is 0 Å². The van der Waals surface area contributed by atoms with Gasteiger partial charge in [-0.05, 0) is 19.4 Å². The first-order valence-electron chi connectivity index (χ1n) is 6.01. The standard InChI is InChI=1S/C13H13F3O4/c1-8(17)6-7-12(20-13(14,15)16)10-5-3-2-4-9(10)11(18)19-12/h2-5,8,17H,6-7H2,1H3. The van der Waals surface area contributed by atoms with Crippen LogP contribution in [0.15, 0.2) is 24.3 Å². The first-order chi connectivity index (χ1) is 9.23. The number of aliphatic hydroxyl groups is 1. The highest BCUT2D eigenvalue weighted by Crippen LogP contribution is 2.44. The molecule has 0 aromatic heterocycles. The van der Waals surface area contributed by atoms with Gasteiger partial charge in [0.2, 0.25) is 5.79 Å². The zero-order valence-electron chi connectivity index (χ0n) is 10.6. The third kappa shape index (κ3) is 2.94. The Labute approximate surface area is 113 Å². The van der Waals surface area contributed by atoms with E-state index in [1.807, 2.05) is 0 Å². The summed E-state index contributed by atoms with van der Waals surface area (Å²) in [6.07, 6.45) is -6.09. The molecule has 0 amide bonds. The molecule has 0 fully saturated rings. The zero-order chi connectivity index (χ0) is 15.0. The molecular formula is C13H13F3O4. The lowest BCUT2D eigenvalue weighted by atomic mass is 9.97. The van der Waals surface area contributed by atoms with Crippen LogP contribution in [0, 0.1) is 0 Å². The van der Waals surface area contributed by atoms with Gasteiger partial charge in [0.15, 0.2) is 0 Å². The van der Waals surface area contributed by atoms with Gasteiger partial charge in [-0.1, -0.05) is 18.2 Å². The van der Waals surface area contributed by atoms with E-state index in [1.54, 1.807) is 0 Å². The van der Waals surface area contributed by atoms with Crippen LogP contribution in [-0.4, -0.2) is 23.5 Å². The first-order valence-corrected chi connectivity index (χ1v) is 6.01. The summed E-state index contributed by atoms with van der Waals surface area (Å²) in [5, 5.41) is 9.26. The second kappa shape index (κ2) is 5.06. The summed E-state index contributed by atoms with van der Waals surface area (Å²) in [5.41, 5.74) is 0.0744. The van der Waals surface area contributed by atoms with Gasteiger partial charge in [0.05, 0.1) is 11.7 Å². The van der Waals surface area contributed by atoms with Gasteiger partial charge in [-0.3, -0.25) is 0 Å². The fourth-order valence-corrected chi connectivity index (χ4v) is 2.15. The van der Waals surface area contributed by atoms with E-state index in [0.29, 0.717) is 0 Å². The number of aliphatic hydroxyl groups excluding tert-OH is 1. The molecule has 1 aliphatic rings. The van der Waals surface area contributed by atoms with Crippen LogP contribution in [0.3, 0.4) is 0 Å². The van der Waals surface area contributed by atoms with Crippen molar-refractivity contribution in [3.8, 4) is 0 Å². The topological polar surface area (TPSA) is 55.8 Å². The maximum Gasteiger partial charge on any atom is 0.526 e. The van der Waals surface area contributed by atoms with Crippen molar-refractivity contribution in [3.05, 3.63) is 35.4 Å². The van der Waals surface area contributed by atoms with Crippen molar-refractivity contribution in [1.29, 1.82) is 0 Å². The first kappa shape index (κ1) is 14.8. The van der Waals surface area contributed by atoms with Crippen molar-refractivity contribution in [2.75, 3.05) is 0 Å². The molecule has 1 aliphatic heterocycles. The number of carbonyl (C=O) groups is 1. The average molecular weight is 290 g/mol. The Morgan fingerprint density at radius 2 is 2.05 bits per heavy atom. The minimum Gasteiger partial charge on any atom is -0.425 e. The van der Waals surface area contributed by atoms with Crippen molar-refractivity contribution >= 4 is 5.97 Å². The van der Waals surface area contributed by atoms with E-state index in [1.165, 1.54) is 31.2 Å². The third-order valence-electron chi connectivity index (χ3n) is 2.99. The number of carbonyl (C=O) groups excluding carboxylic acids is 1. The van der Waals surface area contributed by atoms with Crippen LogP contribution in [0.4, 0.5) is 13.2 Å². The molecule has 0 aliphatic carbocycles. The fourth-order valence-electron chi connectivity index (χ4n) is 2.15. The molecule has 2 atom stereocenters. The highest BCUT2D eigenvalue weighted by Gasteiger charge is 2.53. The average Bonchev–Trinajstić information content (AvgIpc) is 2.59. The number of rotatable bonds is 4. The molecule has 0 saturated carbocycles. The molecule has 1 aromatic rings. The van der Waals surface area contributed by atoms with Crippen LogP contribution in [0.2, 0.25) is 0 Å². The summed E-state index contributed by atoms with van der Waals surface area (Å²) in [6, 6.07) is 5.76. The van der Waals surface area contributed by atoms with E-state index in [9.17, 15) is 23.1 Å². The minimum atomic E-state index is -4.96. The highest BCUT2D eigenvalue weighted by molar-refractivity contribution is 5.94. The van der Waals surface area contributed by atoms with Crippen LogP contribution in [-0.2, 0) is 15.3 Å². The molecule has 1 heterocycles. The summed E-state index contributed by atoms with van der Waals surface area (Å²) in [4.78, 5) is 11.7. The fraction of sp³-hybridized carbons (Fsp3) is 0.462. The van der Waals surface area contributed by atoms with Crippen molar-refractivity contribution in [3.63, 3.8) is 0 Å². The largest absolute Gasteiger partial charge is 0.526 e. The maximum atomic E-state index is 12.6. The summed E-state index contributed by atoms with van der Waals surface area (Å²) in [5.74, 6) is -3.08. The molecule has 1 N–H and O–H groups in total. The number of esters is 1. The van der Waals surface area contributed by atoms with E-state index in [4.69, 9.17) is 4.74 Å². The maximum absolute atomic E-state index is 12.6. The number of fused-ring (bicyclic) bond motifs is 1. The second-order valence-electron chi connectivity index (χ2n) is 4.62. The van der Waals surface area contributed by atoms with E-state index < -0.39 is 24.2 Å². The number of benzene rings is 1. The SMILES string of the molecule is CC(O)CCC1(OC(F)(F)F)OC(=O)c2ccccc21. The lowest BCUT2D eigenvalue weighted by Gasteiger charge is -2.29. The van der Waals surface area contributed by atoms with Crippen LogP contribution < -0.4 is 0 Å². The zero-order valence-corrected chi connectivity index (χ0v) is 10.6. The Balaban J connectivity index is 2.41. The Kier molecular flexibility index (Phi) is 3.75. The second-order valence-corrected chi connectivity index (χ2v) is 4.62. The molecule has 4 nitrogen and oxygen atoms in total. The Morgan fingerprint density at radius 1 is 1.40 bits per heavy atom. The molecule has 110 valence electrons. The summed E-state index contributed by atoms with van der Waals surface area (Å²) >= 11 is 0. The normalized spacial score (nSPS) is 23.4. The predicted molar refractivity (Wildman–Crippen MR) is 61.6 cm³/mol. The highest BCUT2D eigenvalue weighted by atomic mass is 19.4. The number of cyclic esters (lactones) is 1. The van der Waals surface area contributed by atoms with Gasteiger partial charge >= 0.3 is 12.3 Å². The Hall–Kier alpha value is -1.60. The monoisotopic (exact) mass is 290 g/mol. The molecule has 2 rings (SSSR count). The van der Waals surface area contributed by atoms with Crippen molar-refractivity contribution in [2.45, 2.75) is 38.0 Å². The molecule has 0 spiro atoms. The van der Waals surface area contributed by atoms with Crippen LogP contribution >= 0.6 is 0 Å². The molecule has 0 bridgehead atoms. The quantitative estimate of drug-likeness (QED) is 0.866. The number of hydrogen-bond donors (Lipinski definition) is 1. The van der Waals surface area contributed by atoms with Gasteiger partial charge in [0.1, 0.15) is 0 Å². The minimum absolute atomic E-state index is 0.00229. The van der Waals surface area contributed by atoms with Gasteiger partial charge in [-0.15, -0.1) is 13.2 Å². The Morgan fingerprint density at radius 3 is 2.65 bits per heavy atom. The molecule has 1 aromatic carbocycles. The lowest BCUT2D eigenvalue weighted by Crippen LogP contribution is -2.36. The van der Waals surface area contributed by atoms with Gasteiger partial charge in [0.25, 0.3) is 0 Å². The van der Waals surface area contributed by atoms with Crippen molar-refractivity contribution in [2.24, 2.45) is 0 Å².